The van der Waals surface area contributed by atoms with E-state index in [-0.39, 0.29) is 12.5 Å². The molecule has 42 heavy (non-hydrogen) atoms. The van der Waals surface area contributed by atoms with Gasteiger partial charge in [-0.3, -0.25) is 9.59 Å². The summed E-state index contributed by atoms with van der Waals surface area (Å²) in [4.78, 5) is 25.5. The first-order chi connectivity index (χ1) is 20.4. The van der Waals surface area contributed by atoms with Gasteiger partial charge in [0.15, 0.2) is 12.5 Å². The molecule has 0 saturated carbocycles. The van der Waals surface area contributed by atoms with Gasteiger partial charge < -0.3 is 19.3 Å². The number of nitrogens with zero attached hydrogens (tertiary/aromatic N) is 2. The average Bonchev–Trinajstić information content (AvgIpc) is 3.00. The van der Waals surface area contributed by atoms with Crippen LogP contribution in [0.2, 0.25) is 0 Å². The number of ether oxygens (including phenoxy) is 2. The van der Waals surface area contributed by atoms with Crippen LogP contribution in [-0.4, -0.2) is 25.4 Å². The van der Waals surface area contributed by atoms with Gasteiger partial charge in [0.05, 0.1) is 0 Å². The summed E-state index contributed by atoms with van der Waals surface area (Å²) in [7, 11) is 0. The minimum Gasteiger partial charge on any atom is -0.444 e. The predicted molar refractivity (Wildman–Crippen MR) is 170 cm³/mol. The van der Waals surface area contributed by atoms with E-state index in [2.05, 4.69) is 84.3 Å². The third-order valence-corrected chi connectivity index (χ3v) is 7.49. The number of rotatable bonds is 6. The first-order valence-corrected chi connectivity index (χ1v) is 14.5. The van der Waals surface area contributed by atoms with Crippen molar-refractivity contribution in [2.45, 2.75) is 66.8 Å². The number of benzene rings is 4. The van der Waals surface area contributed by atoms with Crippen LogP contribution in [0.3, 0.4) is 0 Å². The summed E-state index contributed by atoms with van der Waals surface area (Å²) in [6.45, 7) is 13.0. The highest BCUT2D eigenvalue weighted by Crippen LogP contribution is 2.41. The lowest BCUT2D eigenvalue weighted by Gasteiger charge is -2.36. The number of para-hydroxylation sites is 2. The lowest BCUT2D eigenvalue weighted by atomic mass is 9.94. The van der Waals surface area contributed by atoms with Gasteiger partial charge in [-0.1, -0.05) is 85.6 Å². The van der Waals surface area contributed by atoms with E-state index < -0.39 is 0 Å². The number of anilines is 4. The Morgan fingerprint density at radius 3 is 1.31 bits per heavy atom. The fourth-order valence-corrected chi connectivity index (χ4v) is 5.71. The van der Waals surface area contributed by atoms with E-state index in [0.717, 1.165) is 35.6 Å². The molecule has 0 N–H and O–H groups in total. The number of hydrogen-bond donors (Lipinski definition) is 0. The number of fused-ring (bicyclic) bond motifs is 4. The van der Waals surface area contributed by atoms with Crippen molar-refractivity contribution >= 4 is 35.7 Å². The molecule has 4 aromatic rings. The summed E-state index contributed by atoms with van der Waals surface area (Å²) in [5.74, 6) is 0. The number of carbonyl (C=O) groups excluding carboxylic acids is 2. The zero-order valence-corrected chi connectivity index (χ0v) is 25.3. The molecule has 218 valence electrons. The van der Waals surface area contributed by atoms with Gasteiger partial charge in [0, 0.05) is 35.6 Å². The fraction of sp³-hybridized carbons (Fsp3) is 0.278. The summed E-state index contributed by atoms with van der Waals surface area (Å²) in [6, 6.07) is 29.3. The number of carbonyl (C=O) groups is 2. The van der Waals surface area contributed by atoms with Crippen LogP contribution < -0.4 is 9.80 Å². The maximum atomic E-state index is 10.7. The topological polar surface area (TPSA) is 59.1 Å². The van der Waals surface area contributed by atoms with Crippen LogP contribution in [0.1, 0.15) is 61.1 Å². The van der Waals surface area contributed by atoms with Crippen LogP contribution in [0.5, 0.6) is 0 Å². The third-order valence-electron chi connectivity index (χ3n) is 7.49. The third kappa shape index (κ3) is 6.33. The molecule has 6 heteroatoms. The maximum Gasteiger partial charge on any atom is 0.295 e. The van der Waals surface area contributed by atoms with Crippen LogP contribution in [0, 0.1) is 13.8 Å². The molecule has 0 fully saturated rings. The van der Waals surface area contributed by atoms with Crippen molar-refractivity contribution in [3.05, 3.63) is 118 Å². The summed E-state index contributed by atoms with van der Waals surface area (Å²) in [6.07, 6.45) is 1.18. The lowest BCUT2D eigenvalue weighted by molar-refractivity contribution is -0.133. The van der Waals surface area contributed by atoms with Crippen molar-refractivity contribution < 1.29 is 19.1 Å². The molecule has 0 amide bonds. The minimum atomic E-state index is -0.324. The molecule has 2 heterocycles. The normalized spacial score (nSPS) is 13.7. The smallest absolute Gasteiger partial charge is 0.295 e. The molecular formula is C36H40N2O4. The van der Waals surface area contributed by atoms with Gasteiger partial charge in [0.25, 0.3) is 12.9 Å². The molecule has 2 aliphatic rings. The van der Waals surface area contributed by atoms with Gasteiger partial charge in [0.2, 0.25) is 0 Å². The molecule has 6 nitrogen and oxygen atoms in total. The van der Waals surface area contributed by atoms with Crippen LogP contribution in [0.4, 0.5) is 22.7 Å². The van der Waals surface area contributed by atoms with Gasteiger partial charge in [-0.2, -0.15) is 0 Å². The summed E-state index contributed by atoms with van der Waals surface area (Å²) in [5.41, 5.74) is 12.0. The first kappa shape index (κ1) is 30.4. The summed E-state index contributed by atoms with van der Waals surface area (Å²) >= 11 is 0. The van der Waals surface area contributed by atoms with Crippen LogP contribution in [-0.2, 0) is 31.9 Å². The molecule has 0 saturated heterocycles. The van der Waals surface area contributed by atoms with Crippen molar-refractivity contribution in [2.75, 3.05) is 9.80 Å². The maximum absolute atomic E-state index is 10.7. The average molecular weight is 565 g/mol. The van der Waals surface area contributed by atoms with E-state index in [1.54, 1.807) is 0 Å². The fourth-order valence-electron chi connectivity index (χ4n) is 5.71. The monoisotopic (exact) mass is 564 g/mol. The highest BCUT2D eigenvalue weighted by atomic mass is 16.5. The molecule has 4 aromatic carbocycles. The lowest BCUT2D eigenvalue weighted by Crippen LogP contribution is -2.34. The Bertz CT molecular complexity index is 1420. The molecule has 0 aliphatic carbocycles. The van der Waals surface area contributed by atoms with E-state index in [9.17, 15) is 9.59 Å². The Morgan fingerprint density at radius 1 is 0.571 bits per heavy atom. The Hall–Kier alpha value is -4.58. The quantitative estimate of drug-likeness (QED) is 0.220. The molecule has 2 unspecified atom stereocenters. The summed E-state index contributed by atoms with van der Waals surface area (Å²) < 4.78 is 10.3. The van der Waals surface area contributed by atoms with Crippen molar-refractivity contribution in [3.63, 3.8) is 0 Å². The highest BCUT2D eigenvalue weighted by molar-refractivity contribution is 5.76. The van der Waals surface area contributed by atoms with Crippen molar-refractivity contribution in [2.24, 2.45) is 0 Å². The van der Waals surface area contributed by atoms with Crippen molar-refractivity contribution in [1.82, 2.24) is 0 Å². The zero-order valence-electron chi connectivity index (χ0n) is 25.3. The first-order valence-electron chi connectivity index (χ1n) is 14.5. The SMILES string of the molecule is CC.Cc1ccc2c(c1)Cc1ccccc1N2C(C)OC=O.Cc1ccc2c(c1)Cc1ccccc1N2C(C)OC=O. The second kappa shape index (κ2) is 13.9. The second-order valence-corrected chi connectivity index (χ2v) is 10.3. The Morgan fingerprint density at radius 2 is 0.929 bits per heavy atom. The molecular weight excluding hydrogens is 524 g/mol. The molecule has 0 spiro atoms. The Balaban J connectivity index is 0.000000182. The van der Waals surface area contributed by atoms with Gasteiger partial charge in [-0.05, 0) is 74.2 Å². The molecule has 2 aliphatic heterocycles. The van der Waals surface area contributed by atoms with E-state index in [0.29, 0.717) is 12.9 Å². The van der Waals surface area contributed by atoms with Gasteiger partial charge >= 0.3 is 0 Å². The van der Waals surface area contributed by atoms with E-state index in [4.69, 9.17) is 9.47 Å². The predicted octanol–water partition coefficient (Wildman–Crippen LogP) is 8.14. The summed E-state index contributed by atoms with van der Waals surface area (Å²) in [5, 5.41) is 0. The minimum absolute atomic E-state index is 0.324. The molecule has 0 bridgehead atoms. The van der Waals surface area contributed by atoms with Crippen molar-refractivity contribution in [3.8, 4) is 0 Å². The van der Waals surface area contributed by atoms with E-state index in [1.807, 2.05) is 52.0 Å². The standard InChI is InChI=1S/2C17H17NO2.C2H6/c2*1-12-7-8-17-15(9-12)10-14-5-3-4-6-16(14)18(17)13(2)20-11-19;1-2/h2*3-9,11,13H,10H2,1-2H3;1-2H3. The molecule has 0 aromatic heterocycles. The van der Waals surface area contributed by atoms with E-state index >= 15 is 0 Å². The molecule has 0 radical (unpaired) electrons. The van der Waals surface area contributed by atoms with Crippen LogP contribution in [0.25, 0.3) is 0 Å². The van der Waals surface area contributed by atoms with Gasteiger partial charge in [0.1, 0.15) is 0 Å². The number of hydrogen-bond acceptors (Lipinski definition) is 6. The largest absolute Gasteiger partial charge is 0.444 e. The van der Waals surface area contributed by atoms with E-state index in [1.165, 1.54) is 33.4 Å². The molecule has 2 atom stereocenters. The molecule has 6 rings (SSSR count). The zero-order chi connectivity index (χ0) is 30.2. The Labute approximate surface area is 249 Å². The van der Waals surface area contributed by atoms with Gasteiger partial charge in [-0.25, -0.2) is 0 Å². The van der Waals surface area contributed by atoms with Crippen LogP contribution in [0.15, 0.2) is 84.9 Å². The second-order valence-electron chi connectivity index (χ2n) is 10.3. The van der Waals surface area contributed by atoms with Crippen LogP contribution >= 0.6 is 0 Å². The highest BCUT2D eigenvalue weighted by Gasteiger charge is 2.28. The number of aryl methyl sites for hydroxylation is 2. The Kier molecular flexibility index (Phi) is 10.0. The van der Waals surface area contributed by atoms with Crippen molar-refractivity contribution in [1.29, 1.82) is 0 Å². The van der Waals surface area contributed by atoms with Gasteiger partial charge in [-0.15, -0.1) is 0 Å².